The maximum atomic E-state index is 13.3. The van der Waals surface area contributed by atoms with Gasteiger partial charge in [0.25, 0.3) is 0 Å². The number of anilines is 1. The Kier molecular flexibility index (Phi) is 5.63. The van der Waals surface area contributed by atoms with Crippen LogP contribution in [0.25, 0.3) is 22.5 Å². The number of nitrogens with one attached hydrogen (secondary N) is 1. The number of nitrogens with two attached hydrogens (primary N) is 1. The van der Waals surface area contributed by atoms with Gasteiger partial charge in [0, 0.05) is 24.2 Å². The topological polar surface area (TPSA) is 92.5 Å². The van der Waals surface area contributed by atoms with Gasteiger partial charge < -0.3 is 11.1 Å². The number of hydrogen-bond acceptors (Lipinski definition) is 5. The first kappa shape index (κ1) is 19.8. The van der Waals surface area contributed by atoms with Gasteiger partial charge in [-0.05, 0) is 55.8 Å². The molecule has 0 unspecified atom stereocenters. The summed E-state index contributed by atoms with van der Waals surface area (Å²) in [6.07, 6.45) is 0.998. The van der Waals surface area contributed by atoms with Gasteiger partial charge in [0.2, 0.25) is 0 Å². The van der Waals surface area contributed by atoms with E-state index in [1.807, 2.05) is 17.7 Å². The first-order chi connectivity index (χ1) is 13.1. The molecule has 0 amide bonds. The van der Waals surface area contributed by atoms with Crippen molar-refractivity contribution in [2.75, 3.05) is 12.3 Å². The molecule has 1 aliphatic heterocycles. The summed E-state index contributed by atoms with van der Waals surface area (Å²) >= 11 is 0. The average molecular weight is 399 g/mol. The highest BCUT2D eigenvalue weighted by Gasteiger charge is 2.22. The van der Waals surface area contributed by atoms with Gasteiger partial charge >= 0.3 is 0 Å². The number of hydrogen-bond donors (Lipinski definition) is 2. The molecule has 0 atom stereocenters. The van der Waals surface area contributed by atoms with Crippen molar-refractivity contribution in [1.29, 1.82) is 5.26 Å². The zero-order valence-electron chi connectivity index (χ0n) is 15.4. The predicted molar refractivity (Wildman–Crippen MR) is 108 cm³/mol. The summed E-state index contributed by atoms with van der Waals surface area (Å²) in [6.45, 7) is 4.41. The number of benzene rings is 1. The predicted octanol–water partition coefficient (Wildman–Crippen LogP) is 3.43. The average Bonchev–Trinajstić information content (AvgIpc) is 2.93. The van der Waals surface area contributed by atoms with Gasteiger partial charge in [-0.25, -0.2) is 9.37 Å². The molecule has 0 aliphatic carbocycles. The number of pyridine rings is 1. The van der Waals surface area contributed by atoms with E-state index in [0.29, 0.717) is 22.5 Å². The van der Waals surface area contributed by atoms with Crippen LogP contribution in [0, 0.1) is 24.1 Å². The SMILES string of the molecule is Cc1c(-c2ccc(F)cc2)nc(N)c(C#N)c1-c1cc2n(n1)CCCNC2.Cl. The largest absolute Gasteiger partial charge is 0.383 e. The molecule has 1 aromatic carbocycles. The lowest BCUT2D eigenvalue weighted by atomic mass is 9.95. The van der Waals surface area contributed by atoms with Gasteiger partial charge in [-0.15, -0.1) is 12.4 Å². The van der Waals surface area contributed by atoms with Crippen molar-refractivity contribution in [2.24, 2.45) is 0 Å². The van der Waals surface area contributed by atoms with Crippen LogP contribution in [0.1, 0.15) is 23.2 Å². The Morgan fingerprint density at radius 1 is 1.29 bits per heavy atom. The second kappa shape index (κ2) is 7.97. The normalized spacial score (nSPS) is 13.2. The zero-order chi connectivity index (χ0) is 19.0. The van der Waals surface area contributed by atoms with E-state index in [1.165, 1.54) is 12.1 Å². The third-order valence-electron chi connectivity index (χ3n) is 4.85. The molecule has 8 heteroatoms. The molecule has 28 heavy (non-hydrogen) atoms. The summed E-state index contributed by atoms with van der Waals surface area (Å²) in [5.74, 6) is -0.165. The summed E-state index contributed by atoms with van der Waals surface area (Å²) in [4.78, 5) is 4.41. The minimum Gasteiger partial charge on any atom is -0.383 e. The number of fused-ring (bicyclic) bond motifs is 1. The van der Waals surface area contributed by atoms with E-state index in [1.54, 1.807) is 12.1 Å². The van der Waals surface area contributed by atoms with Gasteiger partial charge in [-0.1, -0.05) is 0 Å². The quantitative estimate of drug-likeness (QED) is 0.689. The van der Waals surface area contributed by atoms with E-state index < -0.39 is 0 Å². The van der Waals surface area contributed by atoms with Crippen molar-refractivity contribution >= 4 is 18.2 Å². The Morgan fingerprint density at radius 2 is 2.04 bits per heavy atom. The Bertz CT molecular complexity index is 1030. The van der Waals surface area contributed by atoms with E-state index in [4.69, 9.17) is 10.8 Å². The first-order valence-corrected chi connectivity index (χ1v) is 8.82. The standard InChI is InChI=1S/C20H19FN6.ClH/c1-12-18(17-9-15-11-24-7-2-8-27(15)26-17)16(10-22)20(23)25-19(12)13-3-5-14(21)6-4-13;/h3-6,9,24H,2,7-8,11H2,1H3,(H2,23,25);1H. The molecule has 144 valence electrons. The molecule has 4 rings (SSSR count). The Labute approximate surface area is 168 Å². The molecular weight excluding hydrogens is 379 g/mol. The van der Waals surface area contributed by atoms with Crippen LogP contribution in [-0.4, -0.2) is 21.3 Å². The lowest BCUT2D eigenvalue weighted by Crippen LogP contribution is -2.11. The Morgan fingerprint density at radius 3 is 2.75 bits per heavy atom. The lowest BCUT2D eigenvalue weighted by molar-refractivity contribution is 0.589. The second-order valence-corrected chi connectivity index (χ2v) is 6.61. The number of rotatable bonds is 2. The van der Waals surface area contributed by atoms with Crippen molar-refractivity contribution in [3.63, 3.8) is 0 Å². The fraction of sp³-hybridized carbons (Fsp3) is 0.250. The van der Waals surface area contributed by atoms with Crippen molar-refractivity contribution in [3.8, 4) is 28.6 Å². The van der Waals surface area contributed by atoms with Crippen molar-refractivity contribution < 1.29 is 4.39 Å². The smallest absolute Gasteiger partial charge is 0.142 e. The van der Waals surface area contributed by atoms with Crippen LogP contribution in [0.4, 0.5) is 10.2 Å². The minimum absolute atomic E-state index is 0. The number of nitriles is 1. The van der Waals surface area contributed by atoms with E-state index in [-0.39, 0.29) is 24.0 Å². The molecule has 3 heterocycles. The van der Waals surface area contributed by atoms with Crippen LogP contribution in [0.3, 0.4) is 0 Å². The number of halogens is 2. The van der Waals surface area contributed by atoms with Crippen LogP contribution in [0.5, 0.6) is 0 Å². The molecular formula is C20H20ClFN6. The van der Waals surface area contributed by atoms with E-state index >= 15 is 0 Å². The Hall–Kier alpha value is -2.95. The maximum absolute atomic E-state index is 13.3. The summed E-state index contributed by atoms with van der Waals surface area (Å²) < 4.78 is 15.3. The number of aryl methyl sites for hydroxylation is 1. The van der Waals surface area contributed by atoms with Crippen molar-refractivity contribution in [3.05, 3.63) is 53.0 Å². The van der Waals surface area contributed by atoms with Crippen LogP contribution in [0.2, 0.25) is 0 Å². The molecule has 0 saturated carbocycles. The fourth-order valence-electron chi connectivity index (χ4n) is 3.50. The summed E-state index contributed by atoms with van der Waals surface area (Å²) in [6, 6.07) is 10.3. The summed E-state index contributed by atoms with van der Waals surface area (Å²) in [7, 11) is 0. The molecule has 0 radical (unpaired) electrons. The molecule has 6 nitrogen and oxygen atoms in total. The highest BCUT2D eigenvalue weighted by atomic mass is 35.5. The summed E-state index contributed by atoms with van der Waals surface area (Å²) in [5.41, 5.74) is 11.1. The second-order valence-electron chi connectivity index (χ2n) is 6.61. The van der Waals surface area contributed by atoms with E-state index in [0.717, 1.165) is 42.9 Å². The molecule has 3 N–H and O–H groups in total. The molecule has 1 aliphatic rings. The number of nitrogens with zero attached hydrogens (tertiary/aromatic N) is 4. The molecule has 0 fully saturated rings. The summed E-state index contributed by atoms with van der Waals surface area (Å²) in [5, 5.41) is 17.8. The highest BCUT2D eigenvalue weighted by Crippen LogP contribution is 2.35. The van der Waals surface area contributed by atoms with Crippen molar-refractivity contribution in [1.82, 2.24) is 20.1 Å². The molecule has 0 bridgehead atoms. The monoisotopic (exact) mass is 398 g/mol. The molecule has 3 aromatic rings. The molecule has 0 saturated heterocycles. The first-order valence-electron chi connectivity index (χ1n) is 8.82. The van der Waals surface area contributed by atoms with Gasteiger partial charge in [-0.2, -0.15) is 10.4 Å². The molecule has 0 spiro atoms. The van der Waals surface area contributed by atoms with E-state index in [2.05, 4.69) is 16.4 Å². The fourth-order valence-corrected chi connectivity index (χ4v) is 3.50. The van der Waals surface area contributed by atoms with Crippen LogP contribution in [-0.2, 0) is 13.1 Å². The van der Waals surface area contributed by atoms with Crippen LogP contribution < -0.4 is 11.1 Å². The highest BCUT2D eigenvalue weighted by molar-refractivity contribution is 5.85. The number of aromatic nitrogens is 3. The van der Waals surface area contributed by atoms with Gasteiger partial charge in [0.1, 0.15) is 23.3 Å². The Balaban J connectivity index is 0.00000225. The number of nitrogen functional groups attached to an aromatic ring is 1. The minimum atomic E-state index is -0.316. The third kappa shape index (κ3) is 3.44. The van der Waals surface area contributed by atoms with Gasteiger partial charge in [-0.3, -0.25) is 4.68 Å². The van der Waals surface area contributed by atoms with Crippen molar-refractivity contribution in [2.45, 2.75) is 26.4 Å². The van der Waals surface area contributed by atoms with Gasteiger partial charge in [0.05, 0.1) is 17.1 Å². The molecule has 2 aromatic heterocycles. The third-order valence-corrected chi connectivity index (χ3v) is 4.85. The maximum Gasteiger partial charge on any atom is 0.142 e. The lowest BCUT2D eigenvalue weighted by Gasteiger charge is -2.13. The van der Waals surface area contributed by atoms with Crippen LogP contribution in [0.15, 0.2) is 30.3 Å². The zero-order valence-corrected chi connectivity index (χ0v) is 16.2. The van der Waals surface area contributed by atoms with E-state index in [9.17, 15) is 9.65 Å². The van der Waals surface area contributed by atoms with Crippen LogP contribution >= 0.6 is 12.4 Å². The van der Waals surface area contributed by atoms with Gasteiger partial charge in [0.15, 0.2) is 0 Å².